The fourth-order valence-corrected chi connectivity index (χ4v) is 3.02. The molecule has 9 heteroatoms. The molecule has 0 saturated heterocycles. The van der Waals surface area contributed by atoms with E-state index in [9.17, 15) is 0 Å². The van der Waals surface area contributed by atoms with Crippen molar-refractivity contribution in [1.29, 1.82) is 5.41 Å². The van der Waals surface area contributed by atoms with Gasteiger partial charge in [-0.05, 0) is 49.2 Å². The van der Waals surface area contributed by atoms with Gasteiger partial charge in [0.05, 0.1) is 0 Å². The maximum Gasteiger partial charge on any atom is 0.283 e. The van der Waals surface area contributed by atoms with Crippen LogP contribution < -0.4 is 0 Å². The zero-order valence-corrected chi connectivity index (χ0v) is 12.0. The molecule has 104 valence electrons. The lowest BCUT2D eigenvalue weighted by atomic mass is 10.4. The molecular formula is C11H11N5O2S2. The first-order valence-corrected chi connectivity index (χ1v) is 8.02. The summed E-state index contributed by atoms with van der Waals surface area (Å²) >= 11 is 2.23. The minimum Gasteiger partial charge on any atom is -0.415 e. The normalized spacial score (nSPS) is 18.4. The van der Waals surface area contributed by atoms with Crippen LogP contribution in [0.2, 0.25) is 0 Å². The SMILES string of the molecule is N=C(Sc1nnc(C2CC2)o1)Sc1nnc(C2CC2)o1. The van der Waals surface area contributed by atoms with Gasteiger partial charge in [-0.1, -0.05) is 0 Å². The van der Waals surface area contributed by atoms with E-state index in [2.05, 4.69) is 20.4 Å². The van der Waals surface area contributed by atoms with Crippen molar-refractivity contribution in [3.63, 3.8) is 0 Å². The Morgan fingerprint density at radius 3 is 1.70 bits per heavy atom. The minimum atomic E-state index is 0.280. The summed E-state index contributed by atoms with van der Waals surface area (Å²) in [4.78, 5) is 0. The third-order valence-corrected chi connectivity index (χ3v) is 4.61. The van der Waals surface area contributed by atoms with E-state index in [0.717, 1.165) is 49.2 Å². The number of hydrogen-bond acceptors (Lipinski definition) is 9. The predicted molar refractivity (Wildman–Crippen MR) is 72.0 cm³/mol. The van der Waals surface area contributed by atoms with E-state index in [1.165, 1.54) is 0 Å². The van der Waals surface area contributed by atoms with Gasteiger partial charge in [0.15, 0.2) is 0 Å². The van der Waals surface area contributed by atoms with Gasteiger partial charge in [0.2, 0.25) is 11.8 Å². The quantitative estimate of drug-likeness (QED) is 0.522. The summed E-state index contributed by atoms with van der Waals surface area (Å²) in [5.41, 5.74) is 0. The Morgan fingerprint density at radius 2 is 1.30 bits per heavy atom. The zero-order valence-electron chi connectivity index (χ0n) is 10.4. The van der Waals surface area contributed by atoms with E-state index in [0.29, 0.717) is 34.1 Å². The fraction of sp³-hybridized carbons (Fsp3) is 0.545. The Kier molecular flexibility index (Phi) is 3.03. The van der Waals surface area contributed by atoms with E-state index in [-0.39, 0.29) is 4.38 Å². The molecule has 2 aromatic heterocycles. The molecule has 0 radical (unpaired) electrons. The highest BCUT2D eigenvalue weighted by Gasteiger charge is 2.31. The first kappa shape index (κ1) is 12.4. The number of hydrogen-bond donors (Lipinski definition) is 1. The van der Waals surface area contributed by atoms with Crippen LogP contribution in [0.5, 0.6) is 0 Å². The third kappa shape index (κ3) is 2.73. The van der Waals surface area contributed by atoms with E-state index >= 15 is 0 Å². The first-order valence-electron chi connectivity index (χ1n) is 6.39. The summed E-state index contributed by atoms with van der Waals surface area (Å²) in [7, 11) is 0. The molecule has 1 N–H and O–H groups in total. The number of nitrogens with one attached hydrogen (secondary N) is 1. The van der Waals surface area contributed by atoms with Crippen LogP contribution in [0.4, 0.5) is 0 Å². The fourth-order valence-electron chi connectivity index (χ4n) is 1.69. The van der Waals surface area contributed by atoms with E-state index in [1.807, 2.05) is 0 Å². The van der Waals surface area contributed by atoms with Crippen molar-refractivity contribution in [2.24, 2.45) is 0 Å². The summed E-state index contributed by atoms with van der Waals surface area (Å²) in [6, 6.07) is 0. The molecule has 4 rings (SSSR count). The molecular weight excluding hydrogens is 298 g/mol. The van der Waals surface area contributed by atoms with Crippen molar-refractivity contribution in [2.45, 2.75) is 48.0 Å². The van der Waals surface area contributed by atoms with Crippen LogP contribution >= 0.6 is 23.5 Å². The lowest BCUT2D eigenvalue weighted by molar-refractivity contribution is 0.415. The van der Waals surface area contributed by atoms with Crippen molar-refractivity contribution >= 4 is 27.9 Å². The Morgan fingerprint density at radius 1 is 0.850 bits per heavy atom. The molecule has 0 spiro atoms. The summed E-state index contributed by atoms with van der Waals surface area (Å²) in [6.07, 6.45) is 4.46. The lowest BCUT2D eigenvalue weighted by Crippen LogP contribution is -1.83. The molecule has 2 saturated carbocycles. The molecule has 2 heterocycles. The van der Waals surface area contributed by atoms with E-state index in [4.69, 9.17) is 14.2 Å². The summed E-state index contributed by atoms with van der Waals surface area (Å²) in [5.74, 6) is 2.21. The van der Waals surface area contributed by atoms with E-state index in [1.54, 1.807) is 0 Å². The highest BCUT2D eigenvalue weighted by molar-refractivity contribution is 8.38. The molecule has 0 atom stereocenters. The summed E-state index contributed by atoms with van der Waals surface area (Å²) in [5, 5.41) is 24.5. The summed E-state index contributed by atoms with van der Waals surface area (Å²) in [6.45, 7) is 0. The van der Waals surface area contributed by atoms with Gasteiger partial charge in [-0.25, -0.2) is 0 Å². The third-order valence-electron chi connectivity index (χ3n) is 3.06. The maximum atomic E-state index is 7.90. The van der Waals surface area contributed by atoms with Crippen LogP contribution in [-0.4, -0.2) is 24.8 Å². The molecule has 2 aliphatic carbocycles. The zero-order chi connectivity index (χ0) is 13.5. The summed E-state index contributed by atoms with van der Waals surface area (Å²) < 4.78 is 11.3. The minimum absolute atomic E-state index is 0.280. The highest BCUT2D eigenvalue weighted by Crippen LogP contribution is 2.41. The van der Waals surface area contributed by atoms with Crippen LogP contribution in [0.25, 0.3) is 0 Å². The highest BCUT2D eigenvalue weighted by atomic mass is 32.2. The molecule has 0 aromatic carbocycles. The van der Waals surface area contributed by atoms with Crippen LogP contribution in [-0.2, 0) is 0 Å². The van der Waals surface area contributed by atoms with Crippen molar-refractivity contribution in [3.05, 3.63) is 11.8 Å². The second-order valence-corrected chi connectivity index (χ2v) is 7.03. The Balaban J connectivity index is 1.36. The van der Waals surface area contributed by atoms with Gasteiger partial charge in [-0.3, -0.25) is 5.41 Å². The second-order valence-electron chi connectivity index (χ2n) is 4.85. The molecule has 0 amide bonds. The molecule has 2 fully saturated rings. The second kappa shape index (κ2) is 4.88. The Hall–Kier alpha value is -1.35. The predicted octanol–water partition coefficient (Wildman–Crippen LogP) is 3.03. The molecule has 2 aromatic rings. The van der Waals surface area contributed by atoms with Crippen molar-refractivity contribution in [3.8, 4) is 0 Å². The van der Waals surface area contributed by atoms with Crippen LogP contribution in [0.15, 0.2) is 19.3 Å². The lowest BCUT2D eigenvalue weighted by Gasteiger charge is -1.94. The number of thioether (sulfide) groups is 2. The van der Waals surface area contributed by atoms with Gasteiger partial charge in [0, 0.05) is 11.8 Å². The molecule has 0 bridgehead atoms. The van der Waals surface area contributed by atoms with E-state index < -0.39 is 0 Å². The Bertz CT molecular complexity index is 593. The Labute approximate surface area is 122 Å². The average Bonchev–Trinajstić information content (AvgIpc) is 3.36. The van der Waals surface area contributed by atoms with Gasteiger partial charge in [-0.15, -0.1) is 20.4 Å². The number of aromatic nitrogens is 4. The van der Waals surface area contributed by atoms with Gasteiger partial charge in [0.25, 0.3) is 10.4 Å². The molecule has 0 unspecified atom stereocenters. The monoisotopic (exact) mass is 309 g/mol. The number of rotatable bonds is 4. The molecule has 0 aliphatic heterocycles. The van der Waals surface area contributed by atoms with Crippen LogP contribution in [0.1, 0.15) is 49.3 Å². The largest absolute Gasteiger partial charge is 0.415 e. The first-order chi connectivity index (χ1) is 9.78. The smallest absolute Gasteiger partial charge is 0.283 e. The standard InChI is InChI=1S/C11H11N5O2S2/c12-9(19-10-15-13-7(17-10)5-1-2-5)20-11-16-14-8(18-11)6-3-4-6/h5-6,12H,1-4H2. The van der Waals surface area contributed by atoms with Crippen molar-refractivity contribution in [2.75, 3.05) is 0 Å². The van der Waals surface area contributed by atoms with Crippen molar-refractivity contribution in [1.82, 2.24) is 20.4 Å². The molecule has 7 nitrogen and oxygen atoms in total. The van der Waals surface area contributed by atoms with Gasteiger partial charge in [0.1, 0.15) is 4.38 Å². The van der Waals surface area contributed by atoms with Gasteiger partial charge in [-0.2, -0.15) is 0 Å². The van der Waals surface area contributed by atoms with Gasteiger partial charge < -0.3 is 8.83 Å². The van der Waals surface area contributed by atoms with Crippen molar-refractivity contribution < 1.29 is 8.83 Å². The van der Waals surface area contributed by atoms with Crippen LogP contribution in [0, 0.1) is 5.41 Å². The topological polar surface area (TPSA) is 102 Å². The number of nitrogens with zero attached hydrogens (tertiary/aromatic N) is 4. The molecule has 2 aliphatic rings. The van der Waals surface area contributed by atoms with Gasteiger partial charge >= 0.3 is 0 Å². The maximum absolute atomic E-state index is 7.90. The molecule has 20 heavy (non-hydrogen) atoms. The van der Waals surface area contributed by atoms with Crippen LogP contribution in [0.3, 0.4) is 0 Å². The average molecular weight is 309 g/mol.